The number of rotatable bonds is 4. The highest BCUT2D eigenvalue weighted by Gasteiger charge is 2.14. The summed E-state index contributed by atoms with van der Waals surface area (Å²) in [5.74, 6) is -0.0630. The fourth-order valence-corrected chi connectivity index (χ4v) is 3.96. The van der Waals surface area contributed by atoms with Gasteiger partial charge in [-0.05, 0) is 45.0 Å². The molecule has 0 aliphatic carbocycles. The SMILES string of the molecule is Cc1ccc(C(=O)Nc2nc(CN3CCCCC3)cs2)s1. The Kier molecular flexibility index (Phi) is 4.67. The summed E-state index contributed by atoms with van der Waals surface area (Å²) in [6.07, 6.45) is 3.91. The lowest BCUT2D eigenvalue weighted by Crippen LogP contribution is -2.29. The van der Waals surface area contributed by atoms with Gasteiger partial charge in [-0.3, -0.25) is 15.0 Å². The number of likely N-dealkylation sites (tertiary alicyclic amines) is 1. The Bertz CT molecular complexity index is 614. The quantitative estimate of drug-likeness (QED) is 0.933. The number of nitrogens with zero attached hydrogens (tertiary/aromatic N) is 2. The summed E-state index contributed by atoms with van der Waals surface area (Å²) in [6.45, 7) is 5.22. The predicted octanol–water partition coefficient (Wildman–Crippen LogP) is 3.75. The standard InChI is InChI=1S/C15H19N3OS2/c1-11-5-6-13(21-11)14(19)17-15-16-12(10-20-15)9-18-7-3-2-4-8-18/h5-6,10H,2-4,7-9H2,1H3,(H,16,17,19). The van der Waals surface area contributed by atoms with Crippen LogP contribution in [-0.2, 0) is 6.54 Å². The van der Waals surface area contributed by atoms with Crippen molar-refractivity contribution in [3.05, 3.63) is 33.0 Å². The van der Waals surface area contributed by atoms with Gasteiger partial charge in [0.05, 0.1) is 10.6 Å². The van der Waals surface area contributed by atoms with Gasteiger partial charge in [0.2, 0.25) is 0 Å². The molecule has 0 aromatic carbocycles. The molecule has 112 valence electrons. The first kappa shape index (κ1) is 14.7. The van der Waals surface area contributed by atoms with Crippen LogP contribution in [0, 0.1) is 6.92 Å². The molecular weight excluding hydrogens is 302 g/mol. The maximum atomic E-state index is 12.1. The summed E-state index contributed by atoms with van der Waals surface area (Å²) in [6, 6.07) is 3.82. The highest BCUT2D eigenvalue weighted by Crippen LogP contribution is 2.21. The van der Waals surface area contributed by atoms with E-state index in [0.717, 1.165) is 35.1 Å². The van der Waals surface area contributed by atoms with E-state index in [2.05, 4.69) is 15.2 Å². The second-order valence-electron chi connectivity index (χ2n) is 5.35. The van der Waals surface area contributed by atoms with Crippen LogP contribution in [0.5, 0.6) is 0 Å². The summed E-state index contributed by atoms with van der Waals surface area (Å²) >= 11 is 3.01. The number of aryl methyl sites for hydroxylation is 1. The van der Waals surface area contributed by atoms with Crippen molar-refractivity contribution in [3.8, 4) is 0 Å². The van der Waals surface area contributed by atoms with Crippen LogP contribution in [0.4, 0.5) is 5.13 Å². The van der Waals surface area contributed by atoms with Crippen LogP contribution < -0.4 is 5.32 Å². The summed E-state index contributed by atoms with van der Waals surface area (Å²) < 4.78 is 0. The average Bonchev–Trinajstić information content (AvgIpc) is 3.09. The molecule has 1 aliphatic heterocycles. The van der Waals surface area contributed by atoms with E-state index in [0.29, 0.717) is 5.13 Å². The van der Waals surface area contributed by atoms with Crippen molar-refractivity contribution in [2.45, 2.75) is 32.7 Å². The van der Waals surface area contributed by atoms with E-state index in [1.807, 2.05) is 24.4 Å². The molecule has 2 aromatic heterocycles. The molecule has 0 radical (unpaired) electrons. The molecule has 3 rings (SSSR count). The molecule has 0 spiro atoms. The lowest BCUT2D eigenvalue weighted by molar-refractivity contribution is 0.103. The van der Waals surface area contributed by atoms with Crippen LogP contribution in [0.3, 0.4) is 0 Å². The number of amides is 1. The fourth-order valence-electron chi connectivity index (χ4n) is 2.50. The number of hydrogen-bond donors (Lipinski definition) is 1. The Balaban J connectivity index is 1.58. The van der Waals surface area contributed by atoms with Crippen LogP contribution in [0.2, 0.25) is 0 Å². The van der Waals surface area contributed by atoms with Crippen molar-refractivity contribution < 1.29 is 4.79 Å². The molecule has 1 aliphatic rings. The highest BCUT2D eigenvalue weighted by atomic mass is 32.1. The van der Waals surface area contributed by atoms with Crippen molar-refractivity contribution in [1.82, 2.24) is 9.88 Å². The molecule has 4 nitrogen and oxygen atoms in total. The van der Waals surface area contributed by atoms with E-state index in [1.54, 1.807) is 0 Å². The number of hydrogen-bond acceptors (Lipinski definition) is 5. The third kappa shape index (κ3) is 3.90. The maximum Gasteiger partial charge on any atom is 0.267 e. The minimum Gasteiger partial charge on any atom is -0.297 e. The first-order valence-electron chi connectivity index (χ1n) is 7.25. The lowest BCUT2D eigenvalue weighted by atomic mass is 10.1. The zero-order valence-electron chi connectivity index (χ0n) is 12.1. The number of aromatic nitrogens is 1. The minimum absolute atomic E-state index is 0.0630. The molecule has 1 amide bonds. The van der Waals surface area contributed by atoms with Gasteiger partial charge in [0.25, 0.3) is 5.91 Å². The van der Waals surface area contributed by atoms with Crippen LogP contribution in [0.1, 0.15) is 39.5 Å². The number of thiophene rings is 1. The zero-order valence-corrected chi connectivity index (χ0v) is 13.7. The number of piperidine rings is 1. The first-order chi connectivity index (χ1) is 10.2. The third-order valence-corrected chi connectivity index (χ3v) is 5.38. The predicted molar refractivity (Wildman–Crippen MR) is 88.3 cm³/mol. The van der Waals surface area contributed by atoms with Gasteiger partial charge in [-0.25, -0.2) is 4.98 Å². The molecular formula is C15H19N3OS2. The molecule has 0 unspecified atom stereocenters. The number of carbonyl (C=O) groups is 1. The molecule has 0 saturated carbocycles. The van der Waals surface area contributed by atoms with Crippen LogP contribution in [-0.4, -0.2) is 28.9 Å². The van der Waals surface area contributed by atoms with Gasteiger partial charge >= 0.3 is 0 Å². The van der Waals surface area contributed by atoms with Crippen molar-refractivity contribution in [1.29, 1.82) is 0 Å². The largest absolute Gasteiger partial charge is 0.297 e. The molecule has 6 heteroatoms. The summed E-state index contributed by atoms with van der Waals surface area (Å²) in [4.78, 5) is 20.9. The van der Waals surface area contributed by atoms with Crippen LogP contribution in [0.15, 0.2) is 17.5 Å². The number of thiazole rings is 1. The number of carbonyl (C=O) groups excluding carboxylic acids is 1. The molecule has 1 saturated heterocycles. The van der Waals surface area contributed by atoms with Gasteiger partial charge in [-0.15, -0.1) is 22.7 Å². The lowest BCUT2D eigenvalue weighted by Gasteiger charge is -2.25. The first-order valence-corrected chi connectivity index (χ1v) is 8.95. The second kappa shape index (κ2) is 6.68. The summed E-state index contributed by atoms with van der Waals surface area (Å²) in [5, 5.41) is 5.63. The van der Waals surface area contributed by atoms with Crippen molar-refractivity contribution in [2.24, 2.45) is 0 Å². The Labute approximate surface area is 132 Å². The van der Waals surface area contributed by atoms with Crippen LogP contribution in [0.25, 0.3) is 0 Å². The average molecular weight is 321 g/mol. The van der Waals surface area contributed by atoms with Crippen molar-refractivity contribution >= 4 is 33.7 Å². The smallest absolute Gasteiger partial charge is 0.267 e. The van der Waals surface area contributed by atoms with E-state index < -0.39 is 0 Å². The monoisotopic (exact) mass is 321 g/mol. The van der Waals surface area contributed by atoms with Crippen molar-refractivity contribution in [3.63, 3.8) is 0 Å². The highest BCUT2D eigenvalue weighted by molar-refractivity contribution is 7.15. The molecule has 1 N–H and O–H groups in total. The molecule has 1 fully saturated rings. The van der Waals surface area contributed by atoms with Crippen molar-refractivity contribution in [2.75, 3.05) is 18.4 Å². The maximum absolute atomic E-state index is 12.1. The molecule has 0 atom stereocenters. The summed E-state index contributed by atoms with van der Waals surface area (Å²) in [5.41, 5.74) is 1.06. The molecule has 2 aromatic rings. The minimum atomic E-state index is -0.0630. The Morgan fingerprint density at radius 1 is 1.33 bits per heavy atom. The van der Waals surface area contributed by atoms with Gasteiger partial charge < -0.3 is 0 Å². The number of anilines is 1. The molecule has 3 heterocycles. The van der Waals surface area contributed by atoms with Gasteiger partial charge in [0.1, 0.15) is 0 Å². The summed E-state index contributed by atoms with van der Waals surface area (Å²) in [7, 11) is 0. The molecule has 21 heavy (non-hydrogen) atoms. The topological polar surface area (TPSA) is 45.2 Å². The van der Waals surface area contributed by atoms with E-state index in [9.17, 15) is 4.79 Å². The van der Waals surface area contributed by atoms with Gasteiger partial charge in [-0.2, -0.15) is 0 Å². The number of nitrogens with one attached hydrogen (secondary N) is 1. The second-order valence-corrected chi connectivity index (χ2v) is 7.49. The van der Waals surface area contributed by atoms with Gasteiger partial charge in [0, 0.05) is 16.8 Å². The zero-order chi connectivity index (χ0) is 14.7. The van der Waals surface area contributed by atoms with E-state index in [-0.39, 0.29) is 5.91 Å². The van der Waals surface area contributed by atoms with Gasteiger partial charge in [-0.1, -0.05) is 6.42 Å². The fraction of sp³-hybridized carbons (Fsp3) is 0.467. The van der Waals surface area contributed by atoms with E-state index >= 15 is 0 Å². The Hall–Kier alpha value is -1.24. The third-order valence-electron chi connectivity index (χ3n) is 3.57. The molecule has 0 bridgehead atoms. The van der Waals surface area contributed by atoms with E-state index in [1.165, 1.54) is 41.9 Å². The Morgan fingerprint density at radius 3 is 2.86 bits per heavy atom. The Morgan fingerprint density at radius 2 is 2.14 bits per heavy atom. The van der Waals surface area contributed by atoms with Crippen LogP contribution >= 0.6 is 22.7 Å². The normalized spacial score (nSPS) is 16.0. The van der Waals surface area contributed by atoms with Gasteiger partial charge in [0.15, 0.2) is 5.13 Å². The van der Waals surface area contributed by atoms with E-state index in [4.69, 9.17) is 0 Å².